The van der Waals surface area contributed by atoms with E-state index in [9.17, 15) is 0 Å². The van der Waals surface area contributed by atoms with E-state index in [1.54, 1.807) is 0 Å². The van der Waals surface area contributed by atoms with Crippen LogP contribution in [0.15, 0.2) is 18.2 Å². The van der Waals surface area contributed by atoms with Crippen LogP contribution in [-0.2, 0) is 0 Å². The Bertz CT molecular complexity index is 548. The number of hydrogen-bond acceptors (Lipinski definition) is 2. The van der Waals surface area contributed by atoms with Crippen molar-refractivity contribution in [1.82, 2.24) is 9.78 Å². The van der Waals surface area contributed by atoms with Gasteiger partial charge in [-0.2, -0.15) is 5.10 Å². The van der Waals surface area contributed by atoms with Crippen LogP contribution < -0.4 is 5.73 Å². The molecule has 16 heavy (non-hydrogen) atoms. The molecule has 0 radical (unpaired) electrons. The Kier molecular flexibility index (Phi) is 3.12. The molecule has 0 aliphatic carbocycles. The number of nitrogens with zero attached hydrogens (tertiary/aromatic N) is 2. The van der Waals surface area contributed by atoms with Gasteiger partial charge in [0.2, 0.25) is 0 Å². The number of rotatable bonds is 1. The highest BCUT2D eigenvalue weighted by molar-refractivity contribution is 14.1. The minimum absolute atomic E-state index is 0.715. The monoisotopic (exact) mass is 347 g/mol. The zero-order valence-corrected chi connectivity index (χ0v) is 11.9. The van der Waals surface area contributed by atoms with Crippen LogP contribution in [0.2, 0.25) is 5.02 Å². The minimum atomic E-state index is 0.715. The Morgan fingerprint density at radius 2 is 2.06 bits per heavy atom. The van der Waals surface area contributed by atoms with E-state index in [4.69, 9.17) is 17.3 Å². The second kappa shape index (κ2) is 4.25. The lowest BCUT2D eigenvalue weighted by atomic mass is 10.3. The summed E-state index contributed by atoms with van der Waals surface area (Å²) in [5.74, 6) is 0. The van der Waals surface area contributed by atoms with Crippen LogP contribution in [0, 0.1) is 17.4 Å². The molecule has 0 unspecified atom stereocenters. The van der Waals surface area contributed by atoms with Gasteiger partial charge < -0.3 is 5.73 Å². The Morgan fingerprint density at radius 3 is 2.56 bits per heavy atom. The van der Waals surface area contributed by atoms with E-state index in [1.807, 2.05) is 36.7 Å². The fourth-order valence-corrected chi connectivity index (χ4v) is 2.44. The molecule has 5 heteroatoms. The maximum absolute atomic E-state index is 6.12. The molecule has 0 aliphatic rings. The van der Waals surface area contributed by atoms with Crippen molar-refractivity contribution in [3.8, 4) is 5.69 Å². The number of aryl methyl sites for hydroxylation is 1. The molecule has 1 aromatic heterocycles. The van der Waals surface area contributed by atoms with Crippen molar-refractivity contribution < 1.29 is 0 Å². The lowest BCUT2D eigenvalue weighted by Crippen LogP contribution is -2.02. The summed E-state index contributed by atoms with van der Waals surface area (Å²) >= 11 is 8.36. The Hall–Kier alpha value is -0.750. The molecular weight excluding hydrogens is 336 g/mol. The van der Waals surface area contributed by atoms with Crippen molar-refractivity contribution in [3.05, 3.63) is 38.2 Å². The molecule has 0 atom stereocenters. The third-order valence-electron chi connectivity index (χ3n) is 2.40. The molecular formula is C11H11ClIN3. The summed E-state index contributed by atoms with van der Waals surface area (Å²) in [5, 5.41) is 5.13. The van der Waals surface area contributed by atoms with Gasteiger partial charge in [-0.25, -0.2) is 4.68 Å². The summed E-state index contributed by atoms with van der Waals surface area (Å²) in [4.78, 5) is 0. The maximum Gasteiger partial charge on any atom is 0.0848 e. The largest absolute Gasteiger partial charge is 0.399 e. The summed E-state index contributed by atoms with van der Waals surface area (Å²) in [6.07, 6.45) is 0. The number of anilines is 1. The molecule has 0 aliphatic heterocycles. The molecule has 0 spiro atoms. The molecule has 2 N–H and O–H groups in total. The van der Waals surface area contributed by atoms with Crippen molar-refractivity contribution in [2.45, 2.75) is 13.8 Å². The first-order valence-electron chi connectivity index (χ1n) is 4.78. The van der Waals surface area contributed by atoms with Gasteiger partial charge in [0.1, 0.15) is 0 Å². The Balaban J connectivity index is 2.63. The normalized spacial score (nSPS) is 10.8. The number of halogens is 2. The number of nitrogen functional groups attached to an aromatic ring is 1. The average Bonchev–Trinajstić information content (AvgIpc) is 2.46. The molecule has 0 bridgehead atoms. The van der Waals surface area contributed by atoms with Crippen molar-refractivity contribution in [2.24, 2.45) is 0 Å². The highest BCUT2D eigenvalue weighted by Crippen LogP contribution is 2.25. The number of hydrogen-bond donors (Lipinski definition) is 1. The van der Waals surface area contributed by atoms with E-state index in [-0.39, 0.29) is 0 Å². The quantitative estimate of drug-likeness (QED) is 0.635. The van der Waals surface area contributed by atoms with Crippen molar-refractivity contribution in [3.63, 3.8) is 0 Å². The number of nitrogens with two attached hydrogens (primary N) is 1. The van der Waals surface area contributed by atoms with Crippen molar-refractivity contribution in [2.75, 3.05) is 5.73 Å². The summed E-state index contributed by atoms with van der Waals surface area (Å²) in [5.41, 5.74) is 9.26. The first-order valence-corrected chi connectivity index (χ1v) is 6.23. The SMILES string of the molecule is Cc1nn(-c2ccc(N)cc2I)c(C)c1Cl. The third-order valence-corrected chi connectivity index (χ3v) is 3.81. The maximum atomic E-state index is 6.12. The number of benzene rings is 1. The molecule has 2 rings (SSSR count). The third kappa shape index (κ3) is 1.91. The van der Waals surface area contributed by atoms with Crippen LogP contribution in [0.1, 0.15) is 11.4 Å². The van der Waals surface area contributed by atoms with Crippen LogP contribution in [-0.4, -0.2) is 9.78 Å². The first-order chi connectivity index (χ1) is 7.50. The van der Waals surface area contributed by atoms with Gasteiger partial charge in [-0.15, -0.1) is 0 Å². The predicted octanol–water partition coefficient (Wildman–Crippen LogP) is 3.33. The molecule has 2 aromatic rings. The lowest BCUT2D eigenvalue weighted by Gasteiger charge is -2.07. The predicted molar refractivity (Wildman–Crippen MR) is 75.2 cm³/mol. The van der Waals surface area contributed by atoms with Gasteiger partial charge in [0, 0.05) is 9.26 Å². The van der Waals surface area contributed by atoms with Crippen molar-refractivity contribution >= 4 is 39.9 Å². The standard InChI is InChI=1S/C11H11ClIN3/c1-6-11(12)7(2)16(15-6)10-4-3-8(14)5-9(10)13/h3-5H,14H2,1-2H3. The summed E-state index contributed by atoms with van der Waals surface area (Å²) in [7, 11) is 0. The van der Waals surface area contributed by atoms with Crippen LogP contribution in [0.25, 0.3) is 5.69 Å². The smallest absolute Gasteiger partial charge is 0.0848 e. The van der Waals surface area contributed by atoms with Gasteiger partial charge in [-0.05, 0) is 54.6 Å². The van der Waals surface area contributed by atoms with Crippen LogP contribution in [0.4, 0.5) is 5.69 Å². The molecule has 1 aromatic carbocycles. The molecule has 0 saturated heterocycles. The zero-order chi connectivity index (χ0) is 11.9. The molecule has 1 heterocycles. The Morgan fingerprint density at radius 1 is 1.38 bits per heavy atom. The van der Waals surface area contributed by atoms with Crippen LogP contribution in [0.5, 0.6) is 0 Å². The Labute approximate surface area is 113 Å². The molecule has 0 saturated carbocycles. The second-order valence-electron chi connectivity index (χ2n) is 3.61. The fourth-order valence-electron chi connectivity index (χ4n) is 1.55. The second-order valence-corrected chi connectivity index (χ2v) is 5.15. The van der Waals surface area contributed by atoms with E-state index >= 15 is 0 Å². The molecule has 3 nitrogen and oxygen atoms in total. The van der Waals surface area contributed by atoms with Gasteiger partial charge in [0.15, 0.2) is 0 Å². The molecule has 0 fully saturated rings. The summed E-state index contributed by atoms with van der Waals surface area (Å²) in [6.45, 7) is 3.85. The average molecular weight is 348 g/mol. The lowest BCUT2D eigenvalue weighted by molar-refractivity contribution is 0.830. The van der Waals surface area contributed by atoms with Crippen LogP contribution in [0.3, 0.4) is 0 Å². The summed E-state index contributed by atoms with van der Waals surface area (Å²) in [6, 6.07) is 5.73. The summed E-state index contributed by atoms with van der Waals surface area (Å²) < 4.78 is 2.90. The van der Waals surface area contributed by atoms with Gasteiger partial charge in [0.25, 0.3) is 0 Å². The zero-order valence-electron chi connectivity index (χ0n) is 8.96. The van der Waals surface area contributed by atoms with Gasteiger partial charge in [-0.1, -0.05) is 11.6 Å². The van der Waals surface area contributed by atoms with Crippen molar-refractivity contribution in [1.29, 1.82) is 0 Å². The molecule has 0 amide bonds. The van der Waals surface area contributed by atoms with Gasteiger partial charge in [0.05, 0.1) is 22.1 Å². The highest BCUT2D eigenvalue weighted by Gasteiger charge is 2.12. The van der Waals surface area contributed by atoms with E-state index in [0.717, 1.165) is 26.3 Å². The molecule has 84 valence electrons. The number of aromatic nitrogens is 2. The minimum Gasteiger partial charge on any atom is -0.399 e. The van der Waals surface area contributed by atoms with E-state index < -0.39 is 0 Å². The highest BCUT2D eigenvalue weighted by atomic mass is 127. The first kappa shape index (κ1) is 11.7. The van der Waals surface area contributed by atoms with Gasteiger partial charge >= 0.3 is 0 Å². The van der Waals surface area contributed by atoms with E-state index in [0.29, 0.717) is 5.02 Å². The van der Waals surface area contributed by atoms with Gasteiger partial charge in [-0.3, -0.25) is 0 Å². The topological polar surface area (TPSA) is 43.8 Å². The fraction of sp³-hybridized carbons (Fsp3) is 0.182. The van der Waals surface area contributed by atoms with E-state index in [1.165, 1.54) is 0 Å². The van der Waals surface area contributed by atoms with E-state index in [2.05, 4.69) is 27.7 Å². The van der Waals surface area contributed by atoms with Crippen LogP contribution >= 0.6 is 34.2 Å².